The number of aromatic nitrogens is 6. The van der Waals surface area contributed by atoms with E-state index in [9.17, 15) is 4.79 Å². The minimum Gasteiger partial charge on any atom is -0.468 e. The van der Waals surface area contributed by atoms with Crippen LogP contribution < -0.4 is 5.56 Å². The molecule has 39 heavy (non-hydrogen) atoms. The van der Waals surface area contributed by atoms with Crippen LogP contribution in [0.4, 0.5) is 0 Å². The fourth-order valence-corrected chi connectivity index (χ4v) is 5.93. The van der Waals surface area contributed by atoms with Gasteiger partial charge in [0, 0.05) is 35.4 Å². The highest BCUT2D eigenvalue weighted by atomic mass is 16.3. The molecule has 6 rings (SSSR count). The fraction of sp³-hybridized carbons (Fsp3) is 0.367. The van der Waals surface area contributed by atoms with E-state index in [1.165, 1.54) is 6.42 Å². The lowest BCUT2D eigenvalue weighted by molar-refractivity contribution is 0.173. The Morgan fingerprint density at radius 1 is 1.10 bits per heavy atom. The van der Waals surface area contributed by atoms with Crippen LogP contribution in [0.25, 0.3) is 10.9 Å². The molecule has 1 aliphatic rings. The van der Waals surface area contributed by atoms with E-state index in [1.54, 1.807) is 12.5 Å². The van der Waals surface area contributed by atoms with Gasteiger partial charge in [-0.25, -0.2) is 4.68 Å². The smallest absolute Gasteiger partial charge is 0.253 e. The van der Waals surface area contributed by atoms with Crippen LogP contribution in [0.3, 0.4) is 0 Å². The maximum Gasteiger partial charge on any atom is 0.253 e. The zero-order valence-electron chi connectivity index (χ0n) is 22.4. The van der Waals surface area contributed by atoms with Crippen LogP contribution in [0.5, 0.6) is 0 Å². The molecule has 9 heteroatoms. The van der Waals surface area contributed by atoms with Gasteiger partial charge in [-0.2, -0.15) is 0 Å². The molecule has 1 aliphatic carbocycles. The molecule has 1 N–H and O–H groups in total. The molecule has 0 saturated heterocycles. The summed E-state index contributed by atoms with van der Waals surface area (Å²) in [5.74, 6) is 1.47. The van der Waals surface area contributed by atoms with E-state index in [1.807, 2.05) is 54.2 Å². The van der Waals surface area contributed by atoms with Gasteiger partial charge in [0.2, 0.25) is 0 Å². The van der Waals surface area contributed by atoms with Crippen LogP contribution in [0, 0.1) is 13.8 Å². The van der Waals surface area contributed by atoms with Gasteiger partial charge in [0.25, 0.3) is 5.56 Å². The minimum atomic E-state index is -0.513. The van der Waals surface area contributed by atoms with Gasteiger partial charge in [-0.05, 0) is 84.1 Å². The Labute approximate surface area is 226 Å². The molecule has 200 valence electrons. The number of furan rings is 1. The molecular formula is C30H33N7O2. The molecule has 4 heterocycles. The minimum absolute atomic E-state index is 0.147. The molecular weight excluding hydrogens is 490 g/mol. The highest BCUT2D eigenvalue weighted by molar-refractivity contribution is 5.83. The first kappa shape index (κ1) is 25.2. The molecule has 0 spiro atoms. The lowest BCUT2D eigenvalue weighted by atomic mass is 9.94. The third kappa shape index (κ3) is 5.27. The molecule has 0 radical (unpaired) electrons. The summed E-state index contributed by atoms with van der Waals surface area (Å²) in [4.78, 5) is 23.6. The summed E-state index contributed by atoms with van der Waals surface area (Å²) in [6, 6.07) is 13.7. The van der Waals surface area contributed by atoms with Crippen molar-refractivity contribution in [1.29, 1.82) is 0 Å². The van der Waals surface area contributed by atoms with Gasteiger partial charge in [-0.3, -0.25) is 14.7 Å². The number of rotatable bonds is 8. The summed E-state index contributed by atoms with van der Waals surface area (Å²) < 4.78 is 7.75. The Bertz CT molecular complexity index is 1600. The second-order valence-electron chi connectivity index (χ2n) is 10.6. The molecule has 1 saturated carbocycles. The second kappa shape index (κ2) is 10.9. The molecule has 1 unspecified atom stereocenters. The number of tetrazole rings is 1. The largest absolute Gasteiger partial charge is 0.468 e. The molecule has 1 fully saturated rings. The molecule has 1 aromatic carbocycles. The van der Waals surface area contributed by atoms with Crippen molar-refractivity contribution in [1.82, 2.24) is 35.1 Å². The molecule has 1 atom stereocenters. The van der Waals surface area contributed by atoms with Crippen LogP contribution in [-0.2, 0) is 13.1 Å². The molecule has 5 aromatic rings. The second-order valence-corrected chi connectivity index (χ2v) is 10.6. The first-order valence-electron chi connectivity index (χ1n) is 13.6. The third-order valence-electron chi connectivity index (χ3n) is 7.73. The number of pyridine rings is 2. The average molecular weight is 524 g/mol. The number of fused-ring (bicyclic) bond motifs is 1. The van der Waals surface area contributed by atoms with Crippen LogP contribution in [-0.4, -0.2) is 35.1 Å². The summed E-state index contributed by atoms with van der Waals surface area (Å²) in [6.07, 6.45) is 10.9. The Hall–Kier alpha value is -4.11. The van der Waals surface area contributed by atoms with Crippen LogP contribution in [0.15, 0.2) is 70.3 Å². The van der Waals surface area contributed by atoms with Gasteiger partial charge < -0.3 is 9.40 Å². The summed E-state index contributed by atoms with van der Waals surface area (Å²) in [7, 11) is 0. The topological polar surface area (TPSA) is 106 Å². The number of aromatic amines is 1. The van der Waals surface area contributed by atoms with Crippen molar-refractivity contribution in [2.75, 3.05) is 0 Å². The summed E-state index contributed by atoms with van der Waals surface area (Å²) >= 11 is 0. The lowest BCUT2D eigenvalue weighted by Gasteiger charge is -2.32. The van der Waals surface area contributed by atoms with Crippen LogP contribution in [0.1, 0.15) is 78.0 Å². The van der Waals surface area contributed by atoms with Crippen molar-refractivity contribution in [3.63, 3.8) is 0 Å². The van der Waals surface area contributed by atoms with Gasteiger partial charge in [0.05, 0.1) is 18.8 Å². The van der Waals surface area contributed by atoms with E-state index >= 15 is 0 Å². The highest BCUT2D eigenvalue weighted by Crippen LogP contribution is 2.35. The van der Waals surface area contributed by atoms with Crippen molar-refractivity contribution >= 4 is 10.9 Å². The van der Waals surface area contributed by atoms with Gasteiger partial charge in [-0.15, -0.1) is 5.10 Å². The summed E-state index contributed by atoms with van der Waals surface area (Å²) in [5, 5.41) is 14.2. The Kier molecular flexibility index (Phi) is 7.06. The van der Waals surface area contributed by atoms with Gasteiger partial charge >= 0.3 is 0 Å². The monoisotopic (exact) mass is 523 g/mol. The standard InChI is InChI=1S/C30H33N7O2/c1-20-14-21(2)25-16-26(30(38)32-27(25)15-20)28(29-33-34-35-37(29)23-9-4-3-5-10-23)36(19-24-11-7-13-39-24)18-22-8-6-12-31-17-22/h6-8,11-17,23,28H,3-5,9-10,18-19H2,1-2H3,(H,32,38). The van der Waals surface area contributed by atoms with E-state index < -0.39 is 6.04 Å². The first-order chi connectivity index (χ1) is 19.1. The Balaban J connectivity index is 1.54. The van der Waals surface area contributed by atoms with Crippen molar-refractivity contribution in [2.24, 2.45) is 0 Å². The molecule has 9 nitrogen and oxygen atoms in total. The maximum atomic E-state index is 13.8. The zero-order valence-corrected chi connectivity index (χ0v) is 22.4. The van der Waals surface area contributed by atoms with Crippen molar-refractivity contribution < 1.29 is 4.42 Å². The van der Waals surface area contributed by atoms with Gasteiger partial charge in [-0.1, -0.05) is 31.4 Å². The van der Waals surface area contributed by atoms with Crippen molar-refractivity contribution in [2.45, 2.75) is 71.1 Å². The van der Waals surface area contributed by atoms with Crippen LogP contribution >= 0.6 is 0 Å². The zero-order chi connectivity index (χ0) is 26.8. The molecule has 0 bridgehead atoms. The Morgan fingerprint density at radius 3 is 2.74 bits per heavy atom. The van der Waals surface area contributed by atoms with E-state index in [0.29, 0.717) is 24.5 Å². The van der Waals surface area contributed by atoms with E-state index in [0.717, 1.165) is 59.0 Å². The van der Waals surface area contributed by atoms with E-state index in [2.05, 4.69) is 43.4 Å². The molecule has 0 aliphatic heterocycles. The SMILES string of the molecule is Cc1cc(C)c2cc(C(c3nnnn3C3CCCCC3)N(Cc3cccnc3)Cc3ccco3)c(=O)[nH]c2c1. The normalized spacial score (nSPS) is 15.3. The van der Waals surface area contributed by atoms with Crippen molar-refractivity contribution in [3.8, 4) is 0 Å². The third-order valence-corrected chi connectivity index (χ3v) is 7.73. The molecule has 4 aromatic heterocycles. The summed E-state index contributed by atoms with van der Waals surface area (Å²) in [6.45, 7) is 5.11. The molecule has 0 amide bonds. The lowest BCUT2D eigenvalue weighted by Crippen LogP contribution is -2.35. The van der Waals surface area contributed by atoms with Gasteiger partial charge in [0.15, 0.2) is 5.82 Å². The fourth-order valence-electron chi connectivity index (χ4n) is 5.93. The van der Waals surface area contributed by atoms with E-state index in [4.69, 9.17) is 4.42 Å². The quantitative estimate of drug-likeness (QED) is 0.290. The number of hydrogen-bond donors (Lipinski definition) is 1. The number of H-pyrrole nitrogens is 1. The first-order valence-corrected chi connectivity index (χ1v) is 13.6. The van der Waals surface area contributed by atoms with E-state index in [-0.39, 0.29) is 11.6 Å². The van der Waals surface area contributed by atoms with Crippen LogP contribution in [0.2, 0.25) is 0 Å². The number of hydrogen-bond acceptors (Lipinski definition) is 7. The predicted molar refractivity (Wildman–Crippen MR) is 148 cm³/mol. The number of benzene rings is 1. The summed E-state index contributed by atoms with van der Waals surface area (Å²) in [5.41, 5.74) is 4.53. The van der Waals surface area contributed by atoms with Gasteiger partial charge in [0.1, 0.15) is 11.8 Å². The number of aryl methyl sites for hydroxylation is 2. The number of nitrogens with one attached hydrogen (secondary N) is 1. The van der Waals surface area contributed by atoms with Crippen molar-refractivity contribution in [3.05, 3.63) is 105 Å². The maximum absolute atomic E-state index is 13.8. The average Bonchev–Trinajstić information content (AvgIpc) is 3.63. The predicted octanol–water partition coefficient (Wildman–Crippen LogP) is 5.42. The highest BCUT2D eigenvalue weighted by Gasteiger charge is 2.33. The number of nitrogens with zero attached hydrogens (tertiary/aromatic N) is 6. The Morgan fingerprint density at radius 2 is 1.97 bits per heavy atom.